The van der Waals surface area contributed by atoms with Crippen molar-refractivity contribution in [1.29, 1.82) is 0 Å². The molecule has 2 rings (SSSR count). The van der Waals surface area contributed by atoms with Gasteiger partial charge in [0, 0.05) is 32.1 Å². The fourth-order valence-electron chi connectivity index (χ4n) is 2.83. The van der Waals surface area contributed by atoms with Crippen LogP contribution in [0.25, 0.3) is 0 Å². The average molecular weight is 254 g/mol. The number of carboxylic acid groups (broad SMARTS) is 1. The highest BCUT2D eigenvalue weighted by Crippen LogP contribution is 2.28. The Morgan fingerprint density at radius 1 is 1.28 bits per heavy atom. The van der Waals surface area contributed by atoms with Crippen molar-refractivity contribution in [3.8, 4) is 0 Å². The lowest BCUT2D eigenvalue weighted by atomic mass is 10.0. The van der Waals surface area contributed by atoms with Gasteiger partial charge in [0.1, 0.15) is 0 Å². The van der Waals surface area contributed by atoms with Crippen LogP contribution in [0.1, 0.15) is 39.0 Å². The van der Waals surface area contributed by atoms with Crippen molar-refractivity contribution in [2.75, 3.05) is 19.6 Å². The molecule has 1 aliphatic carbocycles. The first-order valence-corrected chi connectivity index (χ1v) is 6.81. The zero-order chi connectivity index (χ0) is 13.1. The summed E-state index contributed by atoms with van der Waals surface area (Å²) in [6.45, 7) is 3.26. The lowest BCUT2D eigenvalue weighted by Crippen LogP contribution is -2.50. The van der Waals surface area contributed by atoms with Gasteiger partial charge >= 0.3 is 5.97 Å². The van der Waals surface area contributed by atoms with Gasteiger partial charge in [0.05, 0.1) is 6.54 Å². The Bertz CT molecular complexity index is 328. The first-order chi connectivity index (χ1) is 8.58. The van der Waals surface area contributed by atoms with Crippen LogP contribution in [0.2, 0.25) is 0 Å². The number of aliphatic carboxylic acids is 1. The second-order valence-electron chi connectivity index (χ2n) is 5.42. The Balaban J connectivity index is 1.95. The molecule has 1 heterocycles. The lowest BCUT2D eigenvalue weighted by molar-refractivity contribution is -0.139. The van der Waals surface area contributed by atoms with Gasteiger partial charge in [-0.2, -0.15) is 0 Å². The molecule has 5 heteroatoms. The molecule has 5 nitrogen and oxygen atoms in total. The van der Waals surface area contributed by atoms with Crippen molar-refractivity contribution in [2.45, 2.75) is 51.1 Å². The molecular formula is C13H22N2O3. The van der Waals surface area contributed by atoms with Gasteiger partial charge in [0.15, 0.2) is 0 Å². The maximum Gasteiger partial charge on any atom is 0.317 e. The molecule has 0 radical (unpaired) electrons. The number of carbonyl (C=O) groups excluding carboxylic acids is 1. The molecule has 0 aromatic carbocycles. The van der Waals surface area contributed by atoms with E-state index in [9.17, 15) is 9.59 Å². The van der Waals surface area contributed by atoms with Crippen LogP contribution in [-0.2, 0) is 9.59 Å². The summed E-state index contributed by atoms with van der Waals surface area (Å²) in [7, 11) is 0. The molecule has 1 aliphatic heterocycles. The highest BCUT2D eigenvalue weighted by molar-refractivity contribution is 5.73. The average Bonchev–Trinajstić information content (AvgIpc) is 3.11. The minimum Gasteiger partial charge on any atom is -0.480 e. The molecule has 0 bridgehead atoms. The summed E-state index contributed by atoms with van der Waals surface area (Å²) in [5, 5.41) is 8.94. The number of hydrogen-bond donors (Lipinski definition) is 1. The summed E-state index contributed by atoms with van der Waals surface area (Å²) in [5.74, 6) is -0.655. The maximum atomic E-state index is 11.6. The van der Waals surface area contributed by atoms with Gasteiger partial charge in [0.25, 0.3) is 0 Å². The Hall–Kier alpha value is -1.10. The minimum atomic E-state index is -0.771. The minimum absolute atomic E-state index is 0.104. The monoisotopic (exact) mass is 254 g/mol. The van der Waals surface area contributed by atoms with E-state index in [1.807, 2.05) is 9.80 Å². The van der Waals surface area contributed by atoms with Crippen LogP contribution in [0, 0.1) is 0 Å². The second-order valence-corrected chi connectivity index (χ2v) is 5.42. The van der Waals surface area contributed by atoms with Gasteiger partial charge in [0.2, 0.25) is 5.91 Å². The van der Waals surface area contributed by atoms with Gasteiger partial charge in [-0.15, -0.1) is 0 Å². The van der Waals surface area contributed by atoms with E-state index in [1.165, 1.54) is 0 Å². The Kier molecular flexibility index (Phi) is 4.22. The summed E-state index contributed by atoms with van der Waals surface area (Å²) >= 11 is 0. The van der Waals surface area contributed by atoms with E-state index in [0.717, 1.165) is 45.2 Å². The third-order valence-electron chi connectivity index (χ3n) is 3.88. The van der Waals surface area contributed by atoms with Crippen molar-refractivity contribution in [3.63, 3.8) is 0 Å². The number of carbonyl (C=O) groups is 2. The standard InChI is InChI=1S/C13H22N2O3/c1-10(16)15-7-3-2-4-12(15)8-14(9-13(17)18)11-5-6-11/h11-12H,2-9H2,1H3,(H,17,18). The second kappa shape index (κ2) is 5.69. The van der Waals surface area contributed by atoms with Gasteiger partial charge in [-0.3, -0.25) is 14.5 Å². The van der Waals surface area contributed by atoms with E-state index < -0.39 is 5.97 Å². The van der Waals surface area contributed by atoms with Gasteiger partial charge in [-0.05, 0) is 32.1 Å². The normalized spacial score (nSPS) is 24.3. The summed E-state index contributed by atoms with van der Waals surface area (Å²) in [5.41, 5.74) is 0. The van der Waals surface area contributed by atoms with E-state index in [1.54, 1.807) is 6.92 Å². The zero-order valence-electron chi connectivity index (χ0n) is 11.0. The zero-order valence-corrected chi connectivity index (χ0v) is 11.0. The predicted molar refractivity (Wildman–Crippen MR) is 67.3 cm³/mol. The largest absolute Gasteiger partial charge is 0.480 e. The van der Waals surface area contributed by atoms with Crippen molar-refractivity contribution in [1.82, 2.24) is 9.80 Å². The first-order valence-electron chi connectivity index (χ1n) is 6.81. The van der Waals surface area contributed by atoms with Crippen molar-refractivity contribution >= 4 is 11.9 Å². The number of likely N-dealkylation sites (tertiary alicyclic amines) is 1. The third-order valence-corrected chi connectivity index (χ3v) is 3.88. The highest BCUT2D eigenvalue weighted by atomic mass is 16.4. The van der Waals surface area contributed by atoms with Crippen LogP contribution in [0.3, 0.4) is 0 Å². The summed E-state index contributed by atoms with van der Waals surface area (Å²) < 4.78 is 0. The molecule has 102 valence electrons. The van der Waals surface area contributed by atoms with Crippen molar-refractivity contribution < 1.29 is 14.7 Å². The van der Waals surface area contributed by atoms with Crippen LogP contribution in [0.5, 0.6) is 0 Å². The van der Waals surface area contributed by atoms with E-state index in [0.29, 0.717) is 6.04 Å². The fraction of sp³-hybridized carbons (Fsp3) is 0.846. The molecule has 1 unspecified atom stereocenters. The van der Waals surface area contributed by atoms with E-state index >= 15 is 0 Å². The van der Waals surface area contributed by atoms with Crippen LogP contribution < -0.4 is 0 Å². The van der Waals surface area contributed by atoms with Crippen molar-refractivity contribution in [2.24, 2.45) is 0 Å². The maximum absolute atomic E-state index is 11.6. The smallest absolute Gasteiger partial charge is 0.317 e. The lowest BCUT2D eigenvalue weighted by Gasteiger charge is -2.38. The molecule has 0 spiro atoms. The Labute approximate surface area is 108 Å². The van der Waals surface area contributed by atoms with Crippen LogP contribution in [0.4, 0.5) is 0 Å². The fourth-order valence-corrected chi connectivity index (χ4v) is 2.83. The van der Waals surface area contributed by atoms with E-state index in [-0.39, 0.29) is 18.5 Å². The number of piperidine rings is 1. The SMILES string of the molecule is CC(=O)N1CCCCC1CN(CC(=O)O)C1CC1. The summed E-state index contributed by atoms with van der Waals surface area (Å²) in [6.07, 6.45) is 5.40. The van der Waals surface area contributed by atoms with Gasteiger partial charge in [-0.25, -0.2) is 0 Å². The van der Waals surface area contributed by atoms with Crippen molar-refractivity contribution in [3.05, 3.63) is 0 Å². The van der Waals surface area contributed by atoms with Crippen LogP contribution >= 0.6 is 0 Å². The molecule has 1 atom stereocenters. The number of nitrogens with zero attached hydrogens (tertiary/aromatic N) is 2. The number of hydrogen-bond acceptors (Lipinski definition) is 3. The molecule has 18 heavy (non-hydrogen) atoms. The van der Waals surface area contributed by atoms with Crippen LogP contribution in [0.15, 0.2) is 0 Å². The number of carboxylic acids is 1. The molecule has 0 aromatic heterocycles. The number of amides is 1. The Morgan fingerprint density at radius 2 is 2.00 bits per heavy atom. The molecular weight excluding hydrogens is 232 g/mol. The number of rotatable bonds is 5. The van der Waals surface area contributed by atoms with Gasteiger partial charge < -0.3 is 10.0 Å². The predicted octanol–water partition coefficient (Wildman–Crippen LogP) is 0.936. The molecule has 2 fully saturated rings. The Morgan fingerprint density at radius 3 is 2.56 bits per heavy atom. The molecule has 1 N–H and O–H groups in total. The van der Waals surface area contributed by atoms with E-state index in [2.05, 4.69) is 0 Å². The topological polar surface area (TPSA) is 60.9 Å². The molecule has 1 saturated carbocycles. The summed E-state index contributed by atoms with van der Waals surface area (Å²) in [4.78, 5) is 26.4. The van der Waals surface area contributed by atoms with Gasteiger partial charge in [-0.1, -0.05) is 0 Å². The third kappa shape index (κ3) is 3.45. The quantitative estimate of drug-likeness (QED) is 0.793. The highest BCUT2D eigenvalue weighted by Gasteiger charge is 2.34. The summed E-state index contributed by atoms with van der Waals surface area (Å²) in [6, 6.07) is 0.632. The first kappa shape index (κ1) is 13.3. The van der Waals surface area contributed by atoms with Crippen LogP contribution in [-0.4, -0.2) is 58.5 Å². The van der Waals surface area contributed by atoms with E-state index in [4.69, 9.17) is 5.11 Å². The molecule has 1 amide bonds. The molecule has 0 aromatic rings. The molecule has 2 aliphatic rings. The molecule has 1 saturated heterocycles.